The molecule has 1 aromatic carbocycles. The molecule has 6 heteroatoms. The van der Waals surface area contributed by atoms with Gasteiger partial charge in [-0.3, -0.25) is 0 Å². The third-order valence-electron chi connectivity index (χ3n) is 2.08. The molecule has 2 N–H and O–H groups in total. The lowest BCUT2D eigenvalue weighted by atomic mass is 10.3. The first-order valence-electron chi connectivity index (χ1n) is 4.59. The molecule has 0 radical (unpaired) electrons. The van der Waals surface area contributed by atoms with Crippen LogP contribution in [0.2, 0.25) is 0 Å². The summed E-state index contributed by atoms with van der Waals surface area (Å²) in [6.45, 7) is 0. The van der Waals surface area contributed by atoms with Gasteiger partial charge in [-0.05, 0) is 12.1 Å². The van der Waals surface area contributed by atoms with Gasteiger partial charge < -0.3 is 5.73 Å². The summed E-state index contributed by atoms with van der Waals surface area (Å²) in [5, 5.41) is 3.87. The van der Waals surface area contributed by atoms with Crippen molar-refractivity contribution in [3.8, 4) is 5.69 Å². The summed E-state index contributed by atoms with van der Waals surface area (Å²) in [6.07, 6.45) is 2.58. The average molecular weight is 237 g/mol. The van der Waals surface area contributed by atoms with E-state index in [9.17, 15) is 8.42 Å². The monoisotopic (exact) mass is 237 g/mol. The van der Waals surface area contributed by atoms with E-state index in [1.165, 1.54) is 10.9 Å². The normalized spacial score (nSPS) is 11.6. The smallest absolute Gasteiger partial charge is 0.200 e. The molecule has 0 aliphatic carbocycles. The van der Waals surface area contributed by atoms with Gasteiger partial charge in [-0.25, -0.2) is 13.1 Å². The van der Waals surface area contributed by atoms with Crippen molar-refractivity contribution in [2.75, 3.05) is 12.0 Å². The van der Waals surface area contributed by atoms with Crippen LogP contribution < -0.4 is 5.73 Å². The second-order valence-corrected chi connectivity index (χ2v) is 5.37. The zero-order valence-electron chi connectivity index (χ0n) is 8.66. The molecular weight excluding hydrogens is 226 g/mol. The van der Waals surface area contributed by atoms with Crippen LogP contribution in [0.1, 0.15) is 0 Å². The first-order chi connectivity index (χ1) is 7.48. The van der Waals surface area contributed by atoms with Gasteiger partial charge in [0.1, 0.15) is 0 Å². The number of hydrogen-bond donors (Lipinski definition) is 1. The molecule has 0 fully saturated rings. The minimum atomic E-state index is -3.38. The topological polar surface area (TPSA) is 78.0 Å². The van der Waals surface area contributed by atoms with Gasteiger partial charge in [-0.2, -0.15) is 5.10 Å². The average Bonchev–Trinajstić information content (AvgIpc) is 2.61. The van der Waals surface area contributed by atoms with Crippen LogP contribution in [-0.2, 0) is 9.84 Å². The van der Waals surface area contributed by atoms with Crippen LogP contribution in [0.15, 0.2) is 41.6 Å². The first kappa shape index (κ1) is 10.7. The van der Waals surface area contributed by atoms with Crippen LogP contribution in [-0.4, -0.2) is 24.5 Å². The van der Waals surface area contributed by atoms with Crippen LogP contribution in [0.3, 0.4) is 0 Å². The highest BCUT2D eigenvalue weighted by molar-refractivity contribution is 7.90. The number of rotatable bonds is 2. The lowest BCUT2D eigenvalue weighted by Gasteiger charge is -1.98. The molecule has 0 aliphatic rings. The maximum absolute atomic E-state index is 11.3. The van der Waals surface area contributed by atoms with Crippen molar-refractivity contribution >= 4 is 15.5 Å². The van der Waals surface area contributed by atoms with E-state index in [0.717, 1.165) is 11.9 Å². The van der Waals surface area contributed by atoms with Crippen molar-refractivity contribution < 1.29 is 8.42 Å². The van der Waals surface area contributed by atoms with E-state index in [0.29, 0.717) is 0 Å². The van der Waals surface area contributed by atoms with Crippen LogP contribution >= 0.6 is 0 Å². The number of sulfone groups is 1. The summed E-state index contributed by atoms with van der Waals surface area (Å²) < 4.78 is 24.1. The lowest BCUT2D eigenvalue weighted by Crippen LogP contribution is -2.02. The third kappa shape index (κ3) is 1.92. The standard InChI is InChI=1S/C10H11N3O2S/c1-16(14,15)10-9(11)7-13(12-10)8-5-3-2-4-6-8/h2-7H,11H2,1H3. The second-order valence-electron chi connectivity index (χ2n) is 3.44. The maximum atomic E-state index is 11.3. The minimum Gasteiger partial charge on any atom is -0.395 e. The summed E-state index contributed by atoms with van der Waals surface area (Å²) in [7, 11) is -3.38. The van der Waals surface area contributed by atoms with Crippen LogP contribution in [0, 0.1) is 0 Å². The molecular formula is C10H11N3O2S. The predicted octanol–water partition coefficient (Wildman–Crippen LogP) is 0.858. The fourth-order valence-corrected chi connectivity index (χ4v) is 2.09. The van der Waals surface area contributed by atoms with E-state index in [2.05, 4.69) is 5.10 Å². The zero-order chi connectivity index (χ0) is 11.8. The van der Waals surface area contributed by atoms with Crippen molar-refractivity contribution in [2.45, 2.75) is 5.03 Å². The van der Waals surface area contributed by atoms with Crippen molar-refractivity contribution in [2.24, 2.45) is 0 Å². The number of nitrogens with zero attached hydrogens (tertiary/aromatic N) is 2. The molecule has 0 amide bonds. The Morgan fingerprint density at radius 3 is 2.38 bits per heavy atom. The predicted molar refractivity (Wildman–Crippen MR) is 61.1 cm³/mol. The highest BCUT2D eigenvalue weighted by Gasteiger charge is 2.16. The number of nitrogen functional groups attached to an aromatic ring is 1. The first-order valence-corrected chi connectivity index (χ1v) is 6.48. The molecule has 0 unspecified atom stereocenters. The summed E-state index contributed by atoms with van der Waals surface area (Å²) in [6, 6.07) is 9.19. The van der Waals surface area contributed by atoms with E-state index in [1.54, 1.807) is 0 Å². The molecule has 16 heavy (non-hydrogen) atoms. The van der Waals surface area contributed by atoms with E-state index in [1.807, 2.05) is 30.3 Å². The van der Waals surface area contributed by atoms with Crippen molar-refractivity contribution in [1.82, 2.24) is 9.78 Å². The Morgan fingerprint density at radius 1 is 1.25 bits per heavy atom. The largest absolute Gasteiger partial charge is 0.395 e. The molecule has 0 spiro atoms. The Labute approximate surface area is 93.4 Å². The number of para-hydroxylation sites is 1. The number of nitrogens with two attached hydrogens (primary N) is 1. The fraction of sp³-hybridized carbons (Fsp3) is 0.100. The molecule has 84 valence electrons. The molecule has 2 aromatic rings. The highest BCUT2D eigenvalue weighted by atomic mass is 32.2. The molecule has 0 bridgehead atoms. The minimum absolute atomic E-state index is 0.0867. The van der Waals surface area contributed by atoms with Crippen molar-refractivity contribution in [3.05, 3.63) is 36.5 Å². The summed E-state index contributed by atoms with van der Waals surface area (Å²) >= 11 is 0. The molecule has 0 saturated carbocycles. The quantitative estimate of drug-likeness (QED) is 0.840. The van der Waals surface area contributed by atoms with Crippen LogP contribution in [0.25, 0.3) is 5.69 Å². The summed E-state index contributed by atoms with van der Waals surface area (Å²) in [4.78, 5) is 0. The molecule has 0 saturated heterocycles. The van der Waals surface area contributed by atoms with Gasteiger partial charge >= 0.3 is 0 Å². The van der Waals surface area contributed by atoms with Gasteiger partial charge in [0.2, 0.25) is 0 Å². The molecule has 0 aliphatic heterocycles. The fourth-order valence-electron chi connectivity index (χ4n) is 1.37. The van der Waals surface area contributed by atoms with Gasteiger partial charge in [0.25, 0.3) is 0 Å². The van der Waals surface area contributed by atoms with Gasteiger partial charge in [-0.1, -0.05) is 18.2 Å². The Balaban J connectivity index is 2.55. The second kappa shape index (κ2) is 3.64. The molecule has 0 atom stereocenters. The zero-order valence-corrected chi connectivity index (χ0v) is 9.48. The summed E-state index contributed by atoms with van der Waals surface area (Å²) in [5.41, 5.74) is 6.53. The summed E-state index contributed by atoms with van der Waals surface area (Å²) in [5.74, 6) is 0. The van der Waals surface area contributed by atoms with Crippen LogP contribution in [0.5, 0.6) is 0 Å². The Kier molecular flexibility index (Phi) is 2.43. The van der Waals surface area contributed by atoms with Crippen LogP contribution in [0.4, 0.5) is 5.69 Å². The maximum Gasteiger partial charge on any atom is 0.200 e. The molecule has 5 nitrogen and oxygen atoms in total. The van der Waals surface area contributed by atoms with Gasteiger partial charge in [0.15, 0.2) is 14.9 Å². The van der Waals surface area contributed by atoms with E-state index in [-0.39, 0.29) is 10.7 Å². The molecule has 1 aromatic heterocycles. The molecule has 2 rings (SSSR count). The van der Waals surface area contributed by atoms with Crippen molar-refractivity contribution in [1.29, 1.82) is 0 Å². The SMILES string of the molecule is CS(=O)(=O)c1nn(-c2ccccc2)cc1N. The van der Waals surface area contributed by atoms with E-state index >= 15 is 0 Å². The van der Waals surface area contributed by atoms with E-state index < -0.39 is 9.84 Å². The van der Waals surface area contributed by atoms with Gasteiger partial charge in [0, 0.05) is 6.26 Å². The van der Waals surface area contributed by atoms with Gasteiger partial charge in [-0.15, -0.1) is 0 Å². The molecule has 1 heterocycles. The van der Waals surface area contributed by atoms with Crippen molar-refractivity contribution in [3.63, 3.8) is 0 Å². The number of anilines is 1. The van der Waals surface area contributed by atoms with Gasteiger partial charge in [0.05, 0.1) is 17.6 Å². The third-order valence-corrected chi connectivity index (χ3v) is 3.10. The Hall–Kier alpha value is -1.82. The Morgan fingerprint density at radius 2 is 1.88 bits per heavy atom. The lowest BCUT2D eigenvalue weighted by molar-refractivity contribution is 0.596. The number of aromatic nitrogens is 2. The number of benzene rings is 1. The number of hydrogen-bond acceptors (Lipinski definition) is 4. The van der Waals surface area contributed by atoms with E-state index in [4.69, 9.17) is 5.73 Å². The Bertz CT molecular complexity index is 602. The highest BCUT2D eigenvalue weighted by Crippen LogP contribution is 2.18.